The summed E-state index contributed by atoms with van der Waals surface area (Å²) in [5.74, 6) is -0.437. The molecule has 0 aliphatic carbocycles. The van der Waals surface area contributed by atoms with Crippen LogP contribution in [0.1, 0.15) is 37.5 Å². The van der Waals surface area contributed by atoms with Gasteiger partial charge in [0.2, 0.25) is 0 Å². The normalized spacial score (nSPS) is 11.8. The van der Waals surface area contributed by atoms with Crippen LogP contribution in [0.25, 0.3) is 6.08 Å². The highest BCUT2D eigenvalue weighted by atomic mass is 35.5. The average molecular weight is 353 g/mol. The molecule has 0 radical (unpaired) electrons. The van der Waals surface area contributed by atoms with Gasteiger partial charge >= 0.3 is 0 Å². The Bertz CT molecular complexity index is 853. The van der Waals surface area contributed by atoms with Gasteiger partial charge in [0.25, 0.3) is 5.91 Å². The molecule has 0 bridgehead atoms. The first-order valence-corrected chi connectivity index (χ1v) is 8.38. The van der Waals surface area contributed by atoms with Crippen LogP contribution >= 0.6 is 11.6 Å². The van der Waals surface area contributed by atoms with Crippen LogP contribution in [-0.4, -0.2) is 5.91 Å². The predicted octanol–water partition coefficient (Wildman–Crippen LogP) is 5.49. The van der Waals surface area contributed by atoms with Gasteiger partial charge in [0, 0.05) is 10.7 Å². The van der Waals surface area contributed by atoms with E-state index in [4.69, 9.17) is 11.6 Å². The van der Waals surface area contributed by atoms with Gasteiger partial charge in [-0.25, -0.2) is 0 Å². The first kappa shape index (κ1) is 18.8. The lowest BCUT2D eigenvalue weighted by Crippen LogP contribution is -2.14. The lowest BCUT2D eigenvalue weighted by atomic mass is 9.86. The summed E-state index contributed by atoms with van der Waals surface area (Å²) in [5, 5.41) is 12.7. The van der Waals surface area contributed by atoms with Gasteiger partial charge in [0.05, 0.1) is 0 Å². The maximum Gasteiger partial charge on any atom is 0.266 e. The summed E-state index contributed by atoms with van der Waals surface area (Å²) < 4.78 is 0. The number of amides is 1. The number of halogens is 1. The molecule has 0 saturated carbocycles. The predicted molar refractivity (Wildman–Crippen MR) is 104 cm³/mol. The van der Waals surface area contributed by atoms with Crippen LogP contribution < -0.4 is 5.32 Å². The number of hydrogen-bond acceptors (Lipinski definition) is 2. The van der Waals surface area contributed by atoms with Gasteiger partial charge in [0.15, 0.2) is 0 Å². The summed E-state index contributed by atoms with van der Waals surface area (Å²) in [5.41, 5.74) is 3.60. The van der Waals surface area contributed by atoms with E-state index in [1.54, 1.807) is 24.3 Å². The van der Waals surface area contributed by atoms with Crippen molar-refractivity contribution in [2.45, 2.75) is 33.1 Å². The van der Waals surface area contributed by atoms with Crippen molar-refractivity contribution in [3.63, 3.8) is 0 Å². The van der Waals surface area contributed by atoms with Crippen molar-refractivity contribution in [1.29, 1.82) is 5.26 Å². The van der Waals surface area contributed by atoms with Crippen molar-refractivity contribution in [2.75, 3.05) is 5.32 Å². The molecule has 0 aromatic heterocycles. The fourth-order valence-corrected chi connectivity index (χ4v) is 2.58. The molecular formula is C21H21ClN2O. The molecule has 2 aromatic carbocycles. The summed E-state index contributed by atoms with van der Waals surface area (Å²) in [6.45, 7) is 8.27. The standard InChI is InChI=1S/C21H21ClN2O/c1-14-11-18(22)9-10-19(14)24-20(25)16(13-23)12-15-5-7-17(8-6-15)21(2,3)4/h5-12H,1-4H3,(H,24,25)/b16-12+. The largest absolute Gasteiger partial charge is 0.321 e. The highest BCUT2D eigenvalue weighted by molar-refractivity contribution is 6.30. The summed E-state index contributed by atoms with van der Waals surface area (Å²) in [7, 11) is 0. The second kappa shape index (κ2) is 7.55. The van der Waals surface area contributed by atoms with Crippen LogP contribution in [0.2, 0.25) is 5.02 Å². The van der Waals surface area contributed by atoms with Gasteiger partial charge in [-0.3, -0.25) is 4.79 Å². The number of carbonyl (C=O) groups excluding carboxylic acids is 1. The van der Waals surface area contributed by atoms with E-state index in [0.29, 0.717) is 10.7 Å². The third kappa shape index (κ3) is 4.95. The Hall–Kier alpha value is -2.57. The van der Waals surface area contributed by atoms with Crippen LogP contribution in [0.5, 0.6) is 0 Å². The first-order valence-electron chi connectivity index (χ1n) is 8.00. The Kier molecular flexibility index (Phi) is 5.66. The molecule has 0 saturated heterocycles. The molecule has 3 nitrogen and oxygen atoms in total. The van der Waals surface area contributed by atoms with Crippen molar-refractivity contribution in [3.05, 3.63) is 69.8 Å². The number of benzene rings is 2. The van der Waals surface area contributed by atoms with E-state index >= 15 is 0 Å². The highest BCUT2D eigenvalue weighted by Crippen LogP contribution is 2.23. The molecule has 4 heteroatoms. The zero-order chi connectivity index (χ0) is 18.6. The van der Waals surface area contributed by atoms with E-state index in [1.165, 1.54) is 5.56 Å². The molecule has 1 amide bonds. The number of carbonyl (C=O) groups is 1. The van der Waals surface area contributed by atoms with Gasteiger partial charge < -0.3 is 5.32 Å². The number of nitriles is 1. The summed E-state index contributed by atoms with van der Waals surface area (Å²) in [6, 6.07) is 15.0. The minimum absolute atomic E-state index is 0.0536. The van der Waals surface area contributed by atoms with Crippen molar-refractivity contribution in [3.8, 4) is 6.07 Å². The Labute approximate surface area is 153 Å². The minimum Gasteiger partial charge on any atom is -0.321 e. The van der Waals surface area contributed by atoms with Crippen LogP contribution in [0, 0.1) is 18.3 Å². The second-order valence-electron chi connectivity index (χ2n) is 6.96. The van der Waals surface area contributed by atoms with Crippen LogP contribution in [0.15, 0.2) is 48.0 Å². The van der Waals surface area contributed by atoms with E-state index in [1.807, 2.05) is 37.3 Å². The molecule has 0 unspecified atom stereocenters. The minimum atomic E-state index is -0.437. The Morgan fingerprint density at radius 2 is 1.80 bits per heavy atom. The number of hydrogen-bond donors (Lipinski definition) is 1. The van der Waals surface area contributed by atoms with Gasteiger partial charge in [-0.15, -0.1) is 0 Å². The second-order valence-corrected chi connectivity index (χ2v) is 7.39. The van der Waals surface area contributed by atoms with E-state index < -0.39 is 5.91 Å². The molecule has 0 fully saturated rings. The number of rotatable bonds is 3. The number of anilines is 1. The van der Waals surface area contributed by atoms with Crippen LogP contribution in [-0.2, 0) is 10.2 Å². The number of aryl methyl sites for hydroxylation is 1. The fourth-order valence-electron chi connectivity index (χ4n) is 2.35. The molecule has 0 atom stereocenters. The van der Waals surface area contributed by atoms with E-state index in [2.05, 4.69) is 26.1 Å². The third-order valence-corrected chi connectivity index (χ3v) is 4.12. The van der Waals surface area contributed by atoms with Gasteiger partial charge in [-0.05, 0) is 53.3 Å². The molecule has 0 heterocycles. The summed E-state index contributed by atoms with van der Waals surface area (Å²) in [4.78, 5) is 12.4. The van der Waals surface area contributed by atoms with Gasteiger partial charge in [-0.2, -0.15) is 5.26 Å². The molecule has 0 aliphatic rings. The van der Waals surface area contributed by atoms with E-state index in [0.717, 1.165) is 11.1 Å². The molecule has 25 heavy (non-hydrogen) atoms. The lowest BCUT2D eigenvalue weighted by molar-refractivity contribution is -0.112. The maximum absolute atomic E-state index is 12.4. The molecule has 2 aromatic rings. The molecule has 0 aliphatic heterocycles. The summed E-state index contributed by atoms with van der Waals surface area (Å²) >= 11 is 5.92. The fraction of sp³-hybridized carbons (Fsp3) is 0.238. The quantitative estimate of drug-likeness (QED) is 0.586. The molecular weight excluding hydrogens is 332 g/mol. The van der Waals surface area contributed by atoms with Crippen molar-refractivity contribution < 1.29 is 4.79 Å². The molecule has 1 N–H and O–H groups in total. The Morgan fingerprint density at radius 1 is 1.16 bits per heavy atom. The SMILES string of the molecule is Cc1cc(Cl)ccc1NC(=O)/C(C#N)=C/c1ccc(C(C)(C)C)cc1. The summed E-state index contributed by atoms with van der Waals surface area (Å²) in [6.07, 6.45) is 1.59. The van der Waals surface area contributed by atoms with Gasteiger partial charge in [0.1, 0.15) is 11.6 Å². The zero-order valence-electron chi connectivity index (χ0n) is 14.9. The smallest absolute Gasteiger partial charge is 0.266 e. The Morgan fingerprint density at radius 3 is 2.32 bits per heavy atom. The molecule has 128 valence electrons. The third-order valence-electron chi connectivity index (χ3n) is 3.89. The van der Waals surface area contributed by atoms with E-state index in [9.17, 15) is 10.1 Å². The monoisotopic (exact) mass is 352 g/mol. The molecule has 0 spiro atoms. The van der Waals surface area contributed by atoms with E-state index in [-0.39, 0.29) is 11.0 Å². The molecule has 2 rings (SSSR count). The average Bonchev–Trinajstić information content (AvgIpc) is 2.54. The van der Waals surface area contributed by atoms with Crippen molar-refractivity contribution in [2.24, 2.45) is 0 Å². The number of nitrogens with zero attached hydrogens (tertiary/aromatic N) is 1. The van der Waals surface area contributed by atoms with Crippen LogP contribution in [0.3, 0.4) is 0 Å². The topological polar surface area (TPSA) is 52.9 Å². The van der Waals surface area contributed by atoms with Crippen LogP contribution in [0.4, 0.5) is 5.69 Å². The van der Waals surface area contributed by atoms with Gasteiger partial charge in [-0.1, -0.05) is 56.6 Å². The lowest BCUT2D eigenvalue weighted by Gasteiger charge is -2.18. The zero-order valence-corrected chi connectivity index (χ0v) is 15.6. The van der Waals surface area contributed by atoms with Crippen molar-refractivity contribution in [1.82, 2.24) is 0 Å². The van der Waals surface area contributed by atoms with Crippen molar-refractivity contribution >= 4 is 29.3 Å². The maximum atomic E-state index is 12.4. The Balaban J connectivity index is 2.22. The first-order chi connectivity index (χ1) is 11.7. The number of nitrogens with one attached hydrogen (secondary N) is 1. The highest BCUT2D eigenvalue weighted by Gasteiger charge is 2.14.